The van der Waals surface area contributed by atoms with E-state index < -0.39 is 0 Å². The Morgan fingerprint density at radius 2 is 1.84 bits per heavy atom. The van der Waals surface area contributed by atoms with Crippen LogP contribution in [0.3, 0.4) is 0 Å². The van der Waals surface area contributed by atoms with E-state index in [1.807, 2.05) is 18.2 Å². The van der Waals surface area contributed by atoms with Gasteiger partial charge >= 0.3 is 6.09 Å². The smallest absolute Gasteiger partial charge is 0.409 e. The van der Waals surface area contributed by atoms with E-state index in [0.29, 0.717) is 13.1 Å². The molecule has 5 nitrogen and oxygen atoms in total. The van der Waals surface area contributed by atoms with E-state index in [1.165, 1.54) is 12.7 Å². The van der Waals surface area contributed by atoms with Crippen LogP contribution in [0.2, 0.25) is 0 Å². The fourth-order valence-corrected chi connectivity index (χ4v) is 4.25. The first-order chi connectivity index (χ1) is 12.1. The lowest BCUT2D eigenvalue weighted by Crippen LogP contribution is -2.51. The molecular weight excluding hydrogens is 316 g/mol. The van der Waals surface area contributed by atoms with Crippen molar-refractivity contribution in [2.24, 2.45) is 5.92 Å². The number of hydrogen-bond donors (Lipinski definition) is 0. The van der Waals surface area contributed by atoms with Gasteiger partial charge in [-0.3, -0.25) is 4.79 Å². The number of piperidine rings is 2. The molecule has 0 N–H and O–H groups in total. The first kappa shape index (κ1) is 17.8. The van der Waals surface area contributed by atoms with Gasteiger partial charge < -0.3 is 14.5 Å². The van der Waals surface area contributed by atoms with Gasteiger partial charge in [0.15, 0.2) is 0 Å². The quantitative estimate of drug-likeness (QED) is 0.823. The Kier molecular flexibility index (Phi) is 5.61. The van der Waals surface area contributed by atoms with Crippen molar-refractivity contribution in [3.05, 3.63) is 35.9 Å². The van der Waals surface area contributed by atoms with Gasteiger partial charge in [0.25, 0.3) is 0 Å². The predicted molar refractivity (Wildman–Crippen MR) is 96.0 cm³/mol. The summed E-state index contributed by atoms with van der Waals surface area (Å²) in [5.41, 5.74) is 1.21. The Bertz CT molecular complexity index is 604. The van der Waals surface area contributed by atoms with E-state index in [2.05, 4.69) is 24.0 Å². The molecule has 0 unspecified atom stereocenters. The van der Waals surface area contributed by atoms with Gasteiger partial charge in [-0.1, -0.05) is 30.3 Å². The zero-order valence-electron chi connectivity index (χ0n) is 15.2. The molecule has 2 heterocycles. The lowest BCUT2D eigenvalue weighted by Gasteiger charge is -2.44. The highest BCUT2D eigenvalue weighted by molar-refractivity contribution is 5.81. The third kappa shape index (κ3) is 3.80. The van der Waals surface area contributed by atoms with Crippen molar-refractivity contribution >= 4 is 12.0 Å². The van der Waals surface area contributed by atoms with Gasteiger partial charge in [-0.25, -0.2) is 4.79 Å². The van der Waals surface area contributed by atoms with Gasteiger partial charge in [0.1, 0.15) is 0 Å². The van der Waals surface area contributed by atoms with Crippen molar-refractivity contribution in [3.63, 3.8) is 0 Å². The molecule has 2 fully saturated rings. The Labute approximate surface area is 149 Å². The van der Waals surface area contributed by atoms with Crippen LogP contribution in [0, 0.1) is 5.92 Å². The average Bonchev–Trinajstić information content (AvgIpc) is 2.67. The number of likely N-dealkylation sites (tertiary alicyclic amines) is 2. The Balaban J connectivity index is 1.79. The van der Waals surface area contributed by atoms with Crippen molar-refractivity contribution in [1.82, 2.24) is 9.80 Å². The molecule has 2 aliphatic rings. The number of carbonyl (C=O) groups excluding carboxylic acids is 2. The van der Waals surface area contributed by atoms with Crippen molar-refractivity contribution < 1.29 is 14.3 Å². The maximum absolute atomic E-state index is 13.4. The second-order valence-electron chi connectivity index (χ2n) is 7.21. The lowest BCUT2D eigenvalue weighted by atomic mass is 9.88. The zero-order valence-corrected chi connectivity index (χ0v) is 15.2. The fraction of sp³-hybridized carbons (Fsp3) is 0.600. The van der Waals surface area contributed by atoms with E-state index >= 15 is 0 Å². The molecule has 2 amide bonds. The SMILES string of the molecule is COC(=O)N1CCC[C@H](C(=O)N2[C@H](C)CCC[C@@H]2c2ccccc2)C1. The van der Waals surface area contributed by atoms with Crippen LogP contribution in [-0.4, -0.2) is 48.0 Å². The summed E-state index contributed by atoms with van der Waals surface area (Å²) in [5.74, 6) is 0.0641. The van der Waals surface area contributed by atoms with Crippen LogP contribution in [0.1, 0.15) is 50.6 Å². The standard InChI is InChI=1S/C20H28N2O3/c1-15-8-6-12-18(16-9-4-3-5-10-16)22(15)19(23)17-11-7-13-21(14-17)20(24)25-2/h3-5,9-10,15,17-18H,6-8,11-14H2,1-2H3/t15-,17+,18-/m1/s1. The molecule has 5 heteroatoms. The second kappa shape index (κ2) is 7.89. The predicted octanol–water partition coefficient (Wildman–Crippen LogP) is 3.61. The third-order valence-corrected chi connectivity index (χ3v) is 5.55. The molecule has 0 aliphatic carbocycles. The van der Waals surface area contributed by atoms with Gasteiger partial charge in [0, 0.05) is 19.1 Å². The third-order valence-electron chi connectivity index (χ3n) is 5.55. The van der Waals surface area contributed by atoms with Crippen molar-refractivity contribution in [3.8, 4) is 0 Å². The Morgan fingerprint density at radius 3 is 2.56 bits per heavy atom. The molecule has 25 heavy (non-hydrogen) atoms. The monoisotopic (exact) mass is 344 g/mol. The summed E-state index contributed by atoms with van der Waals surface area (Å²) in [6, 6.07) is 10.7. The highest BCUT2D eigenvalue weighted by Crippen LogP contribution is 2.36. The van der Waals surface area contributed by atoms with E-state index in [1.54, 1.807) is 4.90 Å². The second-order valence-corrected chi connectivity index (χ2v) is 7.21. The van der Waals surface area contributed by atoms with Crippen LogP contribution in [-0.2, 0) is 9.53 Å². The highest BCUT2D eigenvalue weighted by Gasteiger charge is 2.38. The average molecular weight is 344 g/mol. The minimum atomic E-state index is -0.330. The number of nitrogens with zero attached hydrogens (tertiary/aromatic N) is 2. The van der Waals surface area contributed by atoms with Gasteiger partial charge in [-0.05, 0) is 44.6 Å². The molecular formula is C20H28N2O3. The van der Waals surface area contributed by atoms with Gasteiger partial charge in [0.05, 0.1) is 19.1 Å². The summed E-state index contributed by atoms with van der Waals surface area (Å²) in [5, 5.41) is 0. The first-order valence-electron chi connectivity index (χ1n) is 9.32. The summed E-state index contributed by atoms with van der Waals surface area (Å²) >= 11 is 0. The van der Waals surface area contributed by atoms with Crippen LogP contribution < -0.4 is 0 Å². The molecule has 3 atom stereocenters. The fourth-order valence-electron chi connectivity index (χ4n) is 4.25. The van der Waals surface area contributed by atoms with Crippen LogP contribution in [0.15, 0.2) is 30.3 Å². The Morgan fingerprint density at radius 1 is 1.08 bits per heavy atom. The molecule has 2 saturated heterocycles. The van der Waals surface area contributed by atoms with Crippen LogP contribution >= 0.6 is 0 Å². The normalized spacial score (nSPS) is 27.0. The molecule has 1 aromatic carbocycles. The molecule has 0 saturated carbocycles. The Hall–Kier alpha value is -2.04. The lowest BCUT2D eigenvalue weighted by molar-refractivity contribution is -0.144. The van der Waals surface area contributed by atoms with Crippen LogP contribution in [0.5, 0.6) is 0 Å². The number of benzene rings is 1. The summed E-state index contributed by atoms with van der Waals surface area (Å²) in [7, 11) is 1.39. The summed E-state index contributed by atoms with van der Waals surface area (Å²) < 4.78 is 4.84. The highest BCUT2D eigenvalue weighted by atomic mass is 16.5. The maximum atomic E-state index is 13.4. The maximum Gasteiger partial charge on any atom is 0.409 e. The first-order valence-corrected chi connectivity index (χ1v) is 9.32. The van der Waals surface area contributed by atoms with E-state index in [4.69, 9.17) is 4.74 Å². The van der Waals surface area contributed by atoms with Gasteiger partial charge in [-0.15, -0.1) is 0 Å². The van der Waals surface area contributed by atoms with Crippen molar-refractivity contribution in [2.45, 2.75) is 51.1 Å². The zero-order chi connectivity index (χ0) is 17.8. The number of methoxy groups -OCH3 is 1. The summed E-state index contributed by atoms with van der Waals surface area (Å²) in [6.07, 6.45) is 4.56. The number of ether oxygens (including phenoxy) is 1. The molecule has 3 rings (SSSR count). The largest absolute Gasteiger partial charge is 0.453 e. The molecule has 0 radical (unpaired) electrons. The summed E-state index contributed by atoms with van der Waals surface area (Å²) in [4.78, 5) is 28.9. The molecule has 1 aromatic rings. The summed E-state index contributed by atoms with van der Waals surface area (Å²) in [6.45, 7) is 3.29. The van der Waals surface area contributed by atoms with Crippen LogP contribution in [0.4, 0.5) is 4.79 Å². The number of carbonyl (C=O) groups is 2. The van der Waals surface area contributed by atoms with Crippen molar-refractivity contribution in [1.29, 1.82) is 0 Å². The van der Waals surface area contributed by atoms with Crippen LogP contribution in [0.25, 0.3) is 0 Å². The minimum absolute atomic E-state index is 0.125. The number of hydrogen-bond acceptors (Lipinski definition) is 3. The number of rotatable bonds is 2. The molecule has 0 spiro atoms. The van der Waals surface area contributed by atoms with Gasteiger partial charge in [-0.2, -0.15) is 0 Å². The number of amides is 2. The molecule has 0 aromatic heterocycles. The van der Waals surface area contributed by atoms with E-state index in [-0.39, 0.29) is 30.0 Å². The molecule has 0 bridgehead atoms. The molecule has 2 aliphatic heterocycles. The van der Waals surface area contributed by atoms with Gasteiger partial charge in [0.2, 0.25) is 5.91 Å². The van der Waals surface area contributed by atoms with E-state index in [9.17, 15) is 9.59 Å². The topological polar surface area (TPSA) is 49.9 Å². The van der Waals surface area contributed by atoms with Crippen molar-refractivity contribution in [2.75, 3.05) is 20.2 Å². The van der Waals surface area contributed by atoms with E-state index in [0.717, 1.165) is 32.1 Å². The molecule has 136 valence electrons. The minimum Gasteiger partial charge on any atom is -0.453 e.